The number of aromatic nitrogens is 1. The van der Waals surface area contributed by atoms with Gasteiger partial charge in [0.25, 0.3) is 0 Å². The minimum Gasteiger partial charge on any atom is -0.308 e. The highest BCUT2D eigenvalue weighted by atomic mass is 14.9. The van der Waals surface area contributed by atoms with Gasteiger partial charge in [-0.3, -0.25) is 0 Å². The van der Waals surface area contributed by atoms with Crippen LogP contribution >= 0.6 is 0 Å². The summed E-state index contributed by atoms with van der Waals surface area (Å²) in [7, 11) is 0. The van der Waals surface area contributed by atoms with Crippen LogP contribution in [-0.2, 0) is 25.7 Å². The van der Waals surface area contributed by atoms with E-state index in [1.165, 1.54) is 60.4 Å². The molecule has 0 aliphatic heterocycles. The molecule has 2 aliphatic rings. The van der Waals surface area contributed by atoms with E-state index in [-0.39, 0.29) is 0 Å². The molecule has 2 heterocycles. The van der Waals surface area contributed by atoms with Gasteiger partial charge in [0.1, 0.15) is 0 Å². The third-order valence-corrected chi connectivity index (χ3v) is 7.95. The van der Waals surface area contributed by atoms with Crippen LogP contribution in [0, 0.1) is 22.7 Å². The molecule has 0 N–H and O–H groups in total. The minimum absolute atomic E-state index is 0.666. The standard InChI is InChI=1S/C30H17N3/c31-14-16-4-8-20-24(12-16)33-25-13-17(15-32)5-9-21(25)29-23-11-7-19-3-1-2-18-6-10-22(27(23)26(18)19)28(20)30(29)33/h1-5,8-9,12-13H,6-7,10-11H2. The molecule has 6 aromatic rings. The summed E-state index contributed by atoms with van der Waals surface area (Å²) in [6.07, 6.45) is 4.21. The largest absolute Gasteiger partial charge is 0.308 e. The predicted octanol–water partition coefficient (Wildman–Crippen LogP) is 6.44. The van der Waals surface area contributed by atoms with Crippen LogP contribution in [-0.4, -0.2) is 4.40 Å². The SMILES string of the molecule is N#Cc1ccc2c3c4c5c(c6c7ccc(C#N)cc7n(c2c1)c36)CCc1cccc(c1-5)CC4. The van der Waals surface area contributed by atoms with Crippen LogP contribution in [0.3, 0.4) is 0 Å². The topological polar surface area (TPSA) is 52.0 Å². The Morgan fingerprint density at radius 3 is 1.70 bits per heavy atom. The first-order chi connectivity index (χ1) is 16.3. The summed E-state index contributed by atoms with van der Waals surface area (Å²) in [5.74, 6) is 0. The molecule has 0 unspecified atom stereocenters. The van der Waals surface area contributed by atoms with E-state index in [9.17, 15) is 10.5 Å². The number of nitrogens with zero attached hydrogens (tertiary/aromatic N) is 3. The number of nitriles is 2. The molecule has 3 heteroatoms. The maximum atomic E-state index is 9.61. The van der Waals surface area contributed by atoms with Gasteiger partial charge in [-0.05, 0) is 83.3 Å². The van der Waals surface area contributed by atoms with E-state index in [4.69, 9.17) is 0 Å². The predicted molar refractivity (Wildman–Crippen MR) is 131 cm³/mol. The molecule has 2 aromatic heterocycles. The average molecular weight is 419 g/mol. The van der Waals surface area contributed by atoms with Gasteiger partial charge < -0.3 is 4.40 Å². The lowest BCUT2D eigenvalue weighted by atomic mass is 9.73. The lowest BCUT2D eigenvalue weighted by Gasteiger charge is -2.30. The molecule has 8 rings (SSSR count). The summed E-state index contributed by atoms with van der Waals surface area (Å²) in [5.41, 5.74) is 13.5. The first-order valence-electron chi connectivity index (χ1n) is 11.5. The van der Waals surface area contributed by atoms with Crippen molar-refractivity contribution in [3.8, 4) is 23.3 Å². The van der Waals surface area contributed by atoms with Gasteiger partial charge in [0, 0.05) is 21.5 Å². The van der Waals surface area contributed by atoms with E-state index in [1.807, 2.05) is 24.3 Å². The molecule has 0 saturated heterocycles. The molecule has 0 fully saturated rings. The fourth-order valence-corrected chi connectivity index (χ4v) is 6.72. The first kappa shape index (κ1) is 17.2. The number of rotatable bonds is 0. The van der Waals surface area contributed by atoms with Crippen molar-refractivity contribution in [2.75, 3.05) is 0 Å². The van der Waals surface area contributed by atoms with Crippen LogP contribution in [0.1, 0.15) is 33.4 Å². The second-order valence-corrected chi connectivity index (χ2v) is 9.40. The normalized spacial score (nSPS) is 14.1. The molecule has 0 spiro atoms. The minimum atomic E-state index is 0.666. The second-order valence-electron chi connectivity index (χ2n) is 9.40. The number of hydrogen-bond donors (Lipinski definition) is 0. The maximum Gasteiger partial charge on any atom is 0.0992 e. The highest BCUT2D eigenvalue weighted by Gasteiger charge is 2.32. The van der Waals surface area contributed by atoms with E-state index >= 15 is 0 Å². The molecular weight excluding hydrogens is 402 g/mol. The molecule has 2 aliphatic carbocycles. The zero-order valence-corrected chi connectivity index (χ0v) is 17.9. The Bertz CT molecular complexity index is 1810. The molecule has 0 saturated carbocycles. The summed E-state index contributed by atoms with van der Waals surface area (Å²) in [6.45, 7) is 0. The molecule has 3 nitrogen and oxygen atoms in total. The highest BCUT2D eigenvalue weighted by Crippen LogP contribution is 2.52. The van der Waals surface area contributed by atoms with Gasteiger partial charge in [0.2, 0.25) is 0 Å². The van der Waals surface area contributed by atoms with E-state index in [2.05, 4.69) is 46.9 Å². The van der Waals surface area contributed by atoms with E-state index in [0.29, 0.717) is 11.1 Å². The smallest absolute Gasteiger partial charge is 0.0992 e. The van der Waals surface area contributed by atoms with Crippen molar-refractivity contribution in [3.63, 3.8) is 0 Å². The Kier molecular flexibility index (Phi) is 2.99. The molecule has 0 bridgehead atoms. The van der Waals surface area contributed by atoms with Crippen molar-refractivity contribution in [1.29, 1.82) is 10.5 Å². The summed E-state index contributed by atoms with van der Waals surface area (Å²) >= 11 is 0. The van der Waals surface area contributed by atoms with Crippen molar-refractivity contribution in [2.45, 2.75) is 25.7 Å². The Morgan fingerprint density at radius 1 is 0.636 bits per heavy atom. The molecular formula is C30H17N3. The molecule has 0 atom stereocenters. The summed E-state index contributed by atoms with van der Waals surface area (Å²) in [5, 5.41) is 24.3. The van der Waals surface area contributed by atoms with Crippen molar-refractivity contribution < 1.29 is 0 Å². The Balaban J connectivity index is 1.72. The molecule has 0 radical (unpaired) electrons. The van der Waals surface area contributed by atoms with E-state index in [0.717, 1.165) is 36.7 Å². The summed E-state index contributed by atoms with van der Waals surface area (Å²) in [4.78, 5) is 0. The Hall–Kier alpha value is -4.34. The van der Waals surface area contributed by atoms with Crippen LogP contribution < -0.4 is 0 Å². The summed E-state index contributed by atoms with van der Waals surface area (Å²) < 4.78 is 2.32. The van der Waals surface area contributed by atoms with Gasteiger partial charge in [-0.25, -0.2) is 0 Å². The van der Waals surface area contributed by atoms with Crippen molar-refractivity contribution in [1.82, 2.24) is 4.40 Å². The average Bonchev–Trinajstić information content (AvgIpc) is 3.38. The highest BCUT2D eigenvalue weighted by molar-refractivity contribution is 6.27. The monoisotopic (exact) mass is 419 g/mol. The van der Waals surface area contributed by atoms with Gasteiger partial charge in [-0.15, -0.1) is 0 Å². The lowest BCUT2D eigenvalue weighted by Crippen LogP contribution is -2.14. The third-order valence-electron chi connectivity index (χ3n) is 7.95. The van der Waals surface area contributed by atoms with Crippen LogP contribution in [0.15, 0.2) is 54.6 Å². The van der Waals surface area contributed by atoms with Crippen LogP contribution in [0.4, 0.5) is 0 Å². The molecule has 33 heavy (non-hydrogen) atoms. The lowest BCUT2D eigenvalue weighted by molar-refractivity contribution is 0.889. The number of fused-ring (bicyclic) bond motifs is 8. The van der Waals surface area contributed by atoms with Gasteiger partial charge >= 0.3 is 0 Å². The van der Waals surface area contributed by atoms with Crippen LogP contribution in [0.25, 0.3) is 49.2 Å². The van der Waals surface area contributed by atoms with Crippen molar-refractivity contribution in [3.05, 3.63) is 88.0 Å². The second kappa shape index (κ2) is 5.71. The van der Waals surface area contributed by atoms with Gasteiger partial charge in [0.05, 0.1) is 39.8 Å². The Morgan fingerprint density at radius 2 is 1.18 bits per heavy atom. The zero-order valence-electron chi connectivity index (χ0n) is 17.9. The third kappa shape index (κ3) is 1.91. The molecule has 0 amide bonds. The number of aryl methyl sites for hydroxylation is 4. The molecule has 152 valence electrons. The number of benzene rings is 4. The van der Waals surface area contributed by atoms with Crippen molar-refractivity contribution >= 4 is 38.1 Å². The summed E-state index contributed by atoms with van der Waals surface area (Å²) in [6, 6.07) is 23.6. The number of hydrogen-bond acceptors (Lipinski definition) is 2. The quantitative estimate of drug-likeness (QED) is 0.284. The van der Waals surface area contributed by atoms with E-state index < -0.39 is 0 Å². The first-order valence-corrected chi connectivity index (χ1v) is 11.5. The van der Waals surface area contributed by atoms with Gasteiger partial charge in [-0.2, -0.15) is 10.5 Å². The van der Waals surface area contributed by atoms with Crippen LogP contribution in [0.5, 0.6) is 0 Å². The van der Waals surface area contributed by atoms with Gasteiger partial charge in [0.15, 0.2) is 0 Å². The van der Waals surface area contributed by atoms with Gasteiger partial charge in [-0.1, -0.05) is 30.3 Å². The van der Waals surface area contributed by atoms with E-state index in [1.54, 1.807) is 0 Å². The van der Waals surface area contributed by atoms with Crippen LogP contribution in [0.2, 0.25) is 0 Å². The van der Waals surface area contributed by atoms with Crippen molar-refractivity contribution in [2.24, 2.45) is 0 Å². The maximum absolute atomic E-state index is 9.61. The Labute approximate surface area is 190 Å². The molecule has 4 aromatic carbocycles. The zero-order chi connectivity index (χ0) is 21.8. The fraction of sp³-hybridized carbons (Fsp3) is 0.133. The fourth-order valence-electron chi connectivity index (χ4n) is 6.72.